The first-order valence-corrected chi connectivity index (χ1v) is 9.21. The molecular formula is C23H24N2O3. The molecule has 0 atom stereocenters. The van der Waals surface area contributed by atoms with E-state index < -0.39 is 0 Å². The molecule has 0 unspecified atom stereocenters. The van der Waals surface area contributed by atoms with Gasteiger partial charge in [0.15, 0.2) is 6.61 Å². The van der Waals surface area contributed by atoms with E-state index in [1.54, 1.807) is 0 Å². The van der Waals surface area contributed by atoms with Crippen molar-refractivity contribution in [3.05, 3.63) is 78.4 Å². The van der Waals surface area contributed by atoms with E-state index in [1.165, 1.54) is 0 Å². The van der Waals surface area contributed by atoms with Gasteiger partial charge in [-0.15, -0.1) is 0 Å². The molecule has 3 rings (SSSR count). The Labute approximate surface area is 165 Å². The highest BCUT2D eigenvalue weighted by molar-refractivity contribution is 5.92. The molecule has 0 aliphatic rings. The minimum atomic E-state index is -0.201. The van der Waals surface area contributed by atoms with Gasteiger partial charge in [0, 0.05) is 17.1 Å². The largest absolute Gasteiger partial charge is 0.494 e. The quantitative estimate of drug-likeness (QED) is 0.570. The normalized spacial score (nSPS) is 10.2. The van der Waals surface area contributed by atoms with E-state index in [0.29, 0.717) is 12.4 Å². The molecule has 0 radical (unpaired) electrons. The van der Waals surface area contributed by atoms with Crippen LogP contribution in [0.2, 0.25) is 0 Å². The van der Waals surface area contributed by atoms with Crippen molar-refractivity contribution in [2.24, 2.45) is 0 Å². The van der Waals surface area contributed by atoms with E-state index in [9.17, 15) is 4.79 Å². The van der Waals surface area contributed by atoms with Gasteiger partial charge in [-0.05, 0) is 74.5 Å². The second kappa shape index (κ2) is 9.46. The maximum atomic E-state index is 12.1. The Morgan fingerprint density at radius 1 is 0.750 bits per heavy atom. The van der Waals surface area contributed by atoms with Crippen LogP contribution in [0.4, 0.5) is 17.1 Å². The molecule has 0 aliphatic heterocycles. The molecule has 3 aromatic rings. The lowest BCUT2D eigenvalue weighted by Crippen LogP contribution is -2.20. The van der Waals surface area contributed by atoms with Crippen molar-refractivity contribution in [3.8, 4) is 11.5 Å². The van der Waals surface area contributed by atoms with Crippen molar-refractivity contribution in [1.82, 2.24) is 0 Å². The van der Waals surface area contributed by atoms with E-state index in [4.69, 9.17) is 9.47 Å². The topological polar surface area (TPSA) is 59.6 Å². The number of anilines is 3. The number of carbonyl (C=O) groups is 1. The maximum absolute atomic E-state index is 12.1. The van der Waals surface area contributed by atoms with Gasteiger partial charge in [-0.1, -0.05) is 17.7 Å². The van der Waals surface area contributed by atoms with Gasteiger partial charge in [-0.3, -0.25) is 4.79 Å². The van der Waals surface area contributed by atoms with Crippen LogP contribution in [0.3, 0.4) is 0 Å². The van der Waals surface area contributed by atoms with Gasteiger partial charge >= 0.3 is 0 Å². The van der Waals surface area contributed by atoms with Gasteiger partial charge in [0.2, 0.25) is 0 Å². The second-order valence-electron chi connectivity index (χ2n) is 6.31. The van der Waals surface area contributed by atoms with Gasteiger partial charge in [0.05, 0.1) is 6.61 Å². The molecule has 5 heteroatoms. The summed E-state index contributed by atoms with van der Waals surface area (Å²) in [6, 6.07) is 22.9. The Hall–Kier alpha value is -3.47. The fourth-order valence-electron chi connectivity index (χ4n) is 2.59. The lowest BCUT2D eigenvalue weighted by molar-refractivity contribution is -0.118. The van der Waals surface area contributed by atoms with Crippen LogP contribution in [-0.4, -0.2) is 19.1 Å². The highest BCUT2D eigenvalue weighted by Gasteiger charge is 2.04. The zero-order valence-electron chi connectivity index (χ0n) is 16.1. The SMILES string of the molecule is CCOc1ccc(Nc2ccc(NC(=O)COc3ccc(C)cc3)cc2)cc1. The van der Waals surface area contributed by atoms with Gasteiger partial charge < -0.3 is 20.1 Å². The zero-order valence-corrected chi connectivity index (χ0v) is 16.1. The van der Waals surface area contributed by atoms with Crippen molar-refractivity contribution < 1.29 is 14.3 Å². The molecule has 28 heavy (non-hydrogen) atoms. The minimum Gasteiger partial charge on any atom is -0.494 e. The molecule has 0 aliphatic carbocycles. The molecule has 0 aromatic heterocycles. The maximum Gasteiger partial charge on any atom is 0.262 e. The van der Waals surface area contributed by atoms with Crippen molar-refractivity contribution >= 4 is 23.0 Å². The Balaban J connectivity index is 1.49. The van der Waals surface area contributed by atoms with E-state index >= 15 is 0 Å². The summed E-state index contributed by atoms with van der Waals surface area (Å²) in [6.07, 6.45) is 0. The highest BCUT2D eigenvalue weighted by atomic mass is 16.5. The van der Waals surface area contributed by atoms with Crippen LogP contribution in [0.5, 0.6) is 11.5 Å². The molecule has 5 nitrogen and oxygen atoms in total. The minimum absolute atomic E-state index is 0.0325. The van der Waals surface area contributed by atoms with Crippen LogP contribution in [0.25, 0.3) is 0 Å². The number of carbonyl (C=O) groups excluding carboxylic acids is 1. The molecule has 0 heterocycles. The average molecular weight is 376 g/mol. The van der Waals surface area contributed by atoms with Crippen molar-refractivity contribution in [2.45, 2.75) is 13.8 Å². The fourth-order valence-corrected chi connectivity index (χ4v) is 2.59. The standard InChI is InChI=1S/C23H24N2O3/c1-3-27-21-14-10-19(11-15-21)24-18-6-8-20(9-7-18)25-23(26)16-28-22-12-4-17(2)5-13-22/h4-15,24H,3,16H2,1-2H3,(H,25,26). The molecule has 0 saturated carbocycles. The summed E-state index contributed by atoms with van der Waals surface area (Å²) in [5.74, 6) is 1.32. The molecule has 0 saturated heterocycles. The molecule has 0 spiro atoms. The van der Waals surface area contributed by atoms with Crippen LogP contribution in [0.15, 0.2) is 72.8 Å². The number of nitrogens with one attached hydrogen (secondary N) is 2. The summed E-state index contributed by atoms with van der Waals surface area (Å²) < 4.78 is 10.9. The van der Waals surface area contributed by atoms with Crippen LogP contribution >= 0.6 is 0 Å². The molecule has 3 aromatic carbocycles. The molecule has 2 N–H and O–H groups in total. The third kappa shape index (κ3) is 5.77. The van der Waals surface area contributed by atoms with Crippen LogP contribution in [0, 0.1) is 6.92 Å². The first kappa shape index (κ1) is 19.3. The number of aryl methyl sites for hydroxylation is 1. The second-order valence-corrected chi connectivity index (χ2v) is 6.31. The number of hydrogen-bond donors (Lipinski definition) is 2. The van der Waals surface area contributed by atoms with Crippen molar-refractivity contribution in [1.29, 1.82) is 0 Å². The van der Waals surface area contributed by atoms with Crippen molar-refractivity contribution in [2.75, 3.05) is 23.8 Å². The van der Waals surface area contributed by atoms with Gasteiger partial charge in [0.25, 0.3) is 5.91 Å². The van der Waals surface area contributed by atoms with Crippen LogP contribution in [0.1, 0.15) is 12.5 Å². The zero-order chi connectivity index (χ0) is 19.8. The number of benzene rings is 3. The third-order valence-corrected chi connectivity index (χ3v) is 4.01. The Kier molecular flexibility index (Phi) is 6.52. The lowest BCUT2D eigenvalue weighted by Gasteiger charge is -2.10. The Morgan fingerprint density at radius 2 is 1.25 bits per heavy atom. The summed E-state index contributed by atoms with van der Waals surface area (Å²) in [5, 5.41) is 6.14. The predicted molar refractivity (Wildman–Crippen MR) is 113 cm³/mol. The summed E-state index contributed by atoms with van der Waals surface area (Å²) in [7, 11) is 0. The number of amides is 1. The molecule has 144 valence electrons. The van der Waals surface area contributed by atoms with Crippen LogP contribution < -0.4 is 20.1 Å². The van der Waals surface area contributed by atoms with Gasteiger partial charge in [-0.2, -0.15) is 0 Å². The number of hydrogen-bond acceptors (Lipinski definition) is 4. The Bertz CT molecular complexity index is 889. The fraction of sp³-hybridized carbons (Fsp3) is 0.174. The third-order valence-electron chi connectivity index (χ3n) is 4.01. The first-order valence-electron chi connectivity index (χ1n) is 9.21. The summed E-state index contributed by atoms with van der Waals surface area (Å²) in [4.78, 5) is 12.1. The monoisotopic (exact) mass is 376 g/mol. The molecule has 0 bridgehead atoms. The summed E-state index contributed by atoms with van der Waals surface area (Å²) in [5.41, 5.74) is 3.76. The van der Waals surface area contributed by atoms with Crippen LogP contribution in [-0.2, 0) is 4.79 Å². The highest BCUT2D eigenvalue weighted by Crippen LogP contribution is 2.21. The van der Waals surface area contributed by atoms with E-state index in [1.807, 2.05) is 86.6 Å². The molecular weight excluding hydrogens is 352 g/mol. The summed E-state index contributed by atoms with van der Waals surface area (Å²) in [6.45, 7) is 4.58. The van der Waals surface area contributed by atoms with Gasteiger partial charge in [0.1, 0.15) is 11.5 Å². The molecule has 1 amide bonds. The number of ether oxygens (including phenoxy) is 2. The van der Waals surface area contributed by atoms with Gasteiger partial charge in [-0.25, -0.2) is 0 Å². The molecule has 0 fully saturated rings. The Morgan fingerprint density at radius 3 is 1.86 bits per heavy atom. The smallest absolute Gasteiger partial charge is 0.262 e. The summed E-state index contributed by atoms with van der Waals surface area (Å²) >= 11 is 0. The lowest BCUT2D eigenvalue weighted by atomic mass is 10.2. The van der Waals surface area contributed by atoms with E-state index in [-0.39, 0.29) is 12.5 Å². The van der Waals surface area contributed by atoms with E-state index in [0.717, 1.165) is 28.4 Å². The van der Waals surface area contributed by atoms with E-state index in [2.05, 4.69) is 10.6 Å². The first-order chi connectivity index (χ1) is 13.6. The number of rotatable bonds is 8. The van der Waals surface area contributed by atoms with Crippen molar-refractivity contribution in [3.63, 3.8) is 0 Å². The average Bonchev–Trinajstić information content (AvgIpc) is 2.71. The predicted octanol–water partition coefficient (Wildman–Crippen LogP) is 5.15.